The van der Waals surface area contributed by atoms with Crippen LogP contribution in [0, 0.1) is 5.41 Å². The number of hydrogen-bond acceptors (Lipinski definition) is 5. The van der Waals surface area contributed by atoms with Crippen molar-refractivity contribution < 1.29 is 9.21 Å². The van der Waals surface area contributed by atoms with Crippen LogP contribution in [-0.4, -0.2) is 57.1 Å². The molecule has 1 atom stereocenters. The Labute approximate surface area is 176 Å². The van der Waals surface area contributed by atoms with Crippen molar-refractivity contribution in [2.75, 3.05) is 26.2 Å². The SMILES string of the molecule is CC(C)c1n[nH]c(C2CN(Cc3ccccc3)CC23CN(C(=O)c2ccco2)C3)n1. The number of aromatic amines is 1. The second-order valence-corrected chi connectivity index (χ2v) is 8.94. The number of aromatic nitrogens is 3. The molecule has 0 bridgehead atoms. The molecule has 156 valence electrons. The van der Waals surface area contributed by atoms with Crippen molar-refractivity contribution in [2.24, 2.45) is 5.41 Å². The molecule has 2 aromatic heterocycles. The normalized spacial score (nSPS) is 20.8. The largest absolute Gasteiger partial charge is 0.459 e. The fourth-order valence-corrected chi connectivity index (χ4v) is 4.85. The van der Waals surface area contributed by atoms with Gasteiger partial charge in [0.25, 0.3) is 5.91 Å². The number of hydrogen-bond donors (Lipinski definition) is 1. The lowest BCUT2D eigenvalue weighted by atomic mass is 9.71. The van der Waals surface area contributed by atoms with Gasteiger partial charge in [-0.3, -0.25) is 14.8 Å². The Bertz CT molecular complexity index is 1010. The maximum atomic E-state index is 12.7. The van der Waals surface area contributed by atoms with Gasteiger partial charge in [-0.1, -0.05) is 44.2 Å². The first-order chi connectivity index (χ1) is 14.5. The van der Waals surface area contributed by atoms with Gasteiger partial charge in [-0.15, -0.1) is 0 Å². The summed E-state index contributed by atoms with van der Waals surface area (Å²) in [7, 11) is 0. The zero-order chi connectivity index (χ0) is 20.7. The maximum Gasteiger partial charge on any atom is 0.289 e. The van der Waals surface area contributed by atoms with Crippen molar-refractivity contribution in [1.29, 1.82) is 0 Å². The Morgan fingerprint density at radius 2 is 2.00 bits per heavy atom. The van der Waals surface area contributed by atoms with E-state index in [0.717, 1.165) is 31.3 Å². The lowest BCUT2D eigenvalue weighted by Gasteiger charge is -2.50. The van der Waals surface area contributed by atoms with Crippen LogP contribution >= 0.6 is 0 Å². The molecule has 1 amide bonds. The summed E-state index contributed by atoms with van der Waals surface area (Å²) in [6, 6.07) is 14.0. The van der Waals surface area contributed by atoms with Crippen LogP contribution in [0.2, 0.25) is 0 Å². The number of nitrogens with zero attached hydrogens (tertiary/aromatic N) is 4. The number of rotatable bonds is 5. The van der Waals surface area contributed by atoms with E-state index in [1.807, 2.05) is 11.0 Å². The monoisotopic (exact) mass is 405 g/mol. The molecule has 5 rings (SSSR count). The molecule has 0 aliphatic carbocycles. The van der Waals surface area contributed by atoms with Crippen molar-refractivity contribution in [2.45, 2.75) is 32.2 Å². The number of H-pyrrole nitrogens is 1. The fraction of sp³-hybridized carbons (Fsp3) is 0.435. The van der Waals surface area contributed by atoms with E-state index in [-0.39, 0.29) is 23.2 Å². The van der Waals surface area contributed by atoms with Gasteiger partial charge in [-0.2, -0.15) is 5.10 Å². The summed E-state index contributed by atoms with van der Waals surface area (Å²) >= 11 is 0. The van der Waals surface area contributed by atoms with Gasteiger partial charge >= 0.3 is 0 Å². The third-order valence-electron chi connectivity index (χ3n) is 6.36. The van der Waals surface area contributed by atoms with Crippen LogP contribution in [0.3, 0.4) is 0 Å². The summed E-state index contributed by atoms with van der Waals surface area (Å²) in [6.07, 6.45) is 1.55. The highest BCUT2D eigenvalue weighted by Crippen LogP contribution is 2.49. The first kappa shape index (κ1) is 19.1. The van der Waals surface area contributed by atoms with E-state index in [0.29, 0.717) is 18.8 Å². The third-order valence-corrected chi connectivity index (χ3v) is 6.36. The lowest BCUT2D eigenvalue weighted by molar-refractivity contribution is -0.000374. The Kier molecular flexibility index (Phi) is 4.70. The van der Waals surface area contributed by atoms with Crippen molar-refractivity contribution in [3.63, 3.8) is 0 Å². The second-order valence-electron chi connectivity index (χ2n) is 8.94. The molecule has 2 aliphatic rings. The van der Waals surface area contributed by atoms with Gasteiger partial charge < -0.3 is 9.32 Å². The molecule has 7 nitrogen and oxygen atoms in total. The molecular formula is C23H27N5O2. The average Bonchev–Trinajstić information content (AvgIpc) is 3.46. The molecule has 4 heterocycles. The van der Waals surface area contributed by atoms with Gasteiger partial charge in [0.15, 0.2) is 11.6 Å². The highest BCUT2D eigenvalue weighted by Gasteiger charge is 2.57. The van der Waals surface area contributed by atoms with E-state index < -0.39 is 0 Å². The Morgan fingerprint density at radius 1 is 1.20 bits per heavy atom. The smallest absolute Gasteiger partial charge is 0.289 e. The summed E-state index contributed by atoms with van der Waals surface area (Å²) < 4.78 is 5.31. The van der Waals surface area contributed by atoms with Crippen molar-refractivity contribution in [1.82, 2.24) is 25.0 Å². The van der Waals surface area contributed by atoms with Crippen molar-refractivity contribution >= 4 is 5.91 Å². The fourth-order valence-electron chi connectivity index (χ4n) is 4.85. The zero-order valence-electron chi connectivity index (χ0n) is 17.4. The van der Waals surface area contributed by atoms with Crippen LogP contribution in [0.25, 0.3) is 0 Å². The van der Waals surface area contributed by atoms with Crippen LogP contribution in [0.1, 0.15) is 53.5 Å². The number of likely N-dealkylation sites (tertiary alicyclic amines) is 2. The minimum atomic E-state index is -0.0358. The molecule has 1 N–H and O–H groups in total. The molecule has 2 saturated heterocycles. The number of furan rings is 1. The number of benzene rings is 1. The quantitative estimate of drug-likeness (QED) is 0.705. The third kappa shape index (κ3) is 3.33. The van der Waals surface area contributed by atoms with Crippen molar-refractivity contribution in [3.05, 3.63) is 71.7 Å². The molecule has 7 heteroatoms. The average molecular weight is 406 g/mol. The van der Waals surface area contributed by atoms with Gasteiger partial charge in [-0.05, 0) is 17.7 Å². The maximum absolute atomic E-state index is 12.7. The summed E-state index contributed by atoms with van der Waals surface area (Å²) in [4.78, 5) is 21.9. The molecule has 1 aromatic carbocycles. The van der Waals surface area contributed by atoms with Crippen molar-refractivity contribution in [3.8, 4) is 0 Å². The highest BCUT2D eigenvalue weighted by atomic mass is 16.3. The van der Waals surface area contributed by atoms with Crippen LogP contribution in [0.15, 0.2) is 53.1 Å². The van der Waals surface area contributed by atoms with E-state index in [1.54, 1.807) is 18.4 Å². The van der Waals surface area contributed by atoms with Crippen LogP contribution in [0.4, 0.5) is 0 Å². The minimum Gasteiger partial charge on any atom is -0.459 e. The van der Waals surface area contributed by atoms with Crippen LogP contribution < -0.4 is 0 Å². The molecule has 0 saturated carbocycles. The topological polar surface area (TPSA) is 78.3 Å². The lowest BCUT2D eigenvalue weighted by Crippen LogP contribution is -2.61. The second kappa shape index (κ2) is 7.40. The molecule has 2 aliphatic heterocycles. The van der Waals surface area contributed by atoms with E-state index in [9.17, 15) is 4.79 Å². The molecule has 3 aromatic rings. The highest BCUT2D eigenvalue weighted by molar-refractivity contribution is 5.92. The van der Waals surface area contributed by atoms with Gasteiger partial charge in [0.2, 0.25) is 0 Å². The Hall–Kier alpha value is -2.93. The van der Waals surface area contributed by atoms with Gasteiger partial charge in [0, 0.05) is 50.0 Å². The van der Waals surface area contributed by atoms with E-state index in [1.165, 1.54) is 5.56 Å². The molecular weight excluding hydrogens is 378 g/mol. The number of carbonyl (C=O) groups is 1. The van der Waals surface area contributed by atoms with E-state index in [2.05, 4.69) is 53.2 Å². The summed E-state index contributed by atoms with van der Waals surface area (Å²) in [5.74, 6) is 2.67. The summed E-state index contributed by atoms with van der Waals surface area (Å²) in [5, 5.41) is 7.64. The van der Waals surface area contributed by atoms with E-state index in [4.69, 9.17) is 9.40 Å². The van der Waals surface area contributed by atoms with Crippen LogP contribution in [-0.2, 0) is 6.54 Å². The number of nitrogens with one attached hydrogen (secondary N) is 1. The minimum absolute atomic E-state index is 0.00911. The van der Waals surface area contributed by atoms with E-state index >= 15 is 0 Å². The van der Waals surface area contributed by atoms with Gasteiger partial charge in [-0.25, -0.2) is 4.98 Å². The zero-order valence-corrected chi connectivity index (χ0v) is 17.4. The first-order valence-corrected chi connectivity index (χ1v) is 10.6. The predicted octanol–water partition coefficient (Wildman–Crippen LogP) is 3.26. The molecule has 2 fully saturated rings. The first-order valence-electron chi connectivity index (χ1n) is 10.6. The Balaban J connectivity index is 1.37. The molecule has 1 spiro atoms. The summed E-state index contributed by atoms with van der Waals surface area (Å²) in [6.45, 7) is 8.37. The standard InChI is InChI=1S/C23H27N5O2/c1-16(2)20-24-21(26-25-20)18-12-27(11-17-7-4-3-5-8-17)13-23(18)14-28(15-23)22(29)19-9-6-10-30-19/h3-10,16,18H,11-15H2,1-2H3,(H,24,25,26). The number of amides is 1. The number of carbonyl (C=O) groups excluding carboxylic acids is 1. The van der Waals surface area contributed by atoms with Gasteiger partial charge in [0.1, 0.15) is 5.82 Å². The molecule has 0 radical (unpaired) electrons. The van der Waals surface area contributed by atoms with Crippen LogP contribution in [0.5, 0.6) is 0 Å². The molecule has 1 unspecified atom stereocenters. The Morgan fingerprint density at radius 3 is 2.67 bits per heavy atom. The molecule has 30 heavy (non-hydrogen) atoms. The predicted molar refractivity (Wildman–Crippen MR) is 112 cm³/mol. The van der Waals surface area contributed by atoms with Gasteiger partial charge in [0.05, 0.1) is 6.26 Å². The summed E-state index contributed by atoms with van der Waals surface area (Å²) in [5.41, 5.74) is 1.29.